The quantitative estimate of drug-likeness (QED) is 0.0306. The molecule has 0 aliphatic carbocycles. The van der Waals surface area contributed by atoms with E-state index in [4.69, 9.17) is 9.47 Å². The average Bonchev–Trinajstić information content (AvgIpc) is 3.06. The zero-order valence-corrected chi connectivity index (χ0v) is 29.6. The second-order valence-electron chi connectivity index (χ2n) is 12.3. The normalized spacial score (nSPS) is 15.1. The topological polar surface area (TPSA) is 113 Å². The van der Waals surface area contributed by atoms with Crippen LogP contribution in [-0.4, -0.2) is 58.8 Å². The monoisotopic (exact) mass is 658 g/mol. The first-order valence-corrected chi connectivity index (χ1v) is 18.1. The van der Waals surface area contributed by atoms with Crippen molar-refractivity contribution < 1.29 is 34.4 Å². The summed E-state index contributed by atoms with van der Waals surface area (Å²) in [6, 6.07) is 0. The maximum absolute atomic E-state index is 11.9. The lowest BCUT2D eigenvalue weighted by atomic mass is 9.99. The highest BCUT2D eigenvalue weighted by Crippen LogP contribution is 2.15. The van der Waals surface area contributed by atoms with E-state index < -0.39 is 24.3 Å². The maximum Gasteiger partial charge on any atom is 0.306 e. The summed E-state index contributed by atoms with van der Waals surface area (Å²) in [4.78, 5) is 23.8. The largest absolute Gasteiger partial charge is 0.463 e. The summed E-state index contributed by atoms with van der Waals surface area (Å²) in [5.41, 5.74) is 0. The van der Waals surface area contributed by atoms with Gasteiger partial charge in [-0.1, -0.05) is 151 Å². The van der Waals surface area contributed by atoms with E-state index in [9.17, 15) is 24.9 Å². The van der Waals surface area contributed by atoms with Crippen molar-refractivity contribution in [2.24, 2.45) is 5.92 Å². The van der Waals surface area contributed by atoms with Crippen molar-refractivity contribution in [2.75, 3.05) is 13.2 Å². The van der Waals surface area contributed by atoms with Crippen LogP contribution < -0.4 is 0 Å². The third kappa shape index (κ3) is 33.0. The van der Waals surface area contributed by atoms with Gasteiger partial charge in [0.2, 0.25) is 0 Å². The molecule has 0 radical (unpaired) electrons. The molecule has 0 aromatic heterocycles. The molecule has 0 rings (SSSR count). The van der Waals surface area contributed by atoms with Crippen LogP contribution in [0.25, 0.3) is 0 Å². The number of carbonyl (C=O) groups is 2. The van der Waals surface area contributed by atoms with E-state index in [1.54, 1.807) is 24.3 Å². The molecule has 0 saturated carbocycles. The number of carbonyl (C=O) groups excluding carboxylic acids is 2. The summed E-state index contributed by atoms with van der Waals surface area (Å²) in [5, 5.41) is 29.8. The lowest BCUT2D eigenvalue weighted by Crippen LogP contribution is -2.25. The number of unbranched alkanes of at least 4 members (excludes halogenated alkanes) is 7. The van der Waals surface area contributed by atoms with E-state index in [0.717, 1.165) is 31.6 Å². The molecule has 0 aliphatic rings. The molecular formula is C40H66O7. The van der Waals surface area contributed by atoms with Crippen molar-refractivity contribution in [1.82, 2.24) is 0 Å². The highest BCUT2D eigenvalue weighted by molar-refractivity contribution is 5.70. The number of ether oxygens (including phenoxy) is 2. The molecule has 7 heteroatoms. The number of hydrogen-bond donors (Lipinski definition) is 3. The molecule has 0 spiro atoms. The molecule has 0 aliphatic heterocycles. The van der Waals surface area contributed by atoms with Gasteiger partial charge >= 0.3 is 11.9 Å². The van der Waals surface area contributed by atoms with Gasteiger partial charge in [-0.3, -0.25) is 9.59 Å². The van der Waals surface area contributed by atoms with Gasteiger partial charge in [0.25, 0.3) is 0 Å². The summed E-state index contributed by atoms with van der Waals surface area (Å²) in [6.45, 7) is 6.27. The van der Waals surface area contributed by atoms with Crippen LogP contribution in [0.3, 0.4) is 0 Å². The lowest BCUT2D eigenvalue weighted by molar-refractivity contribution is -0.152. The first-order chi connectivity index (χ1) is 22.8. The van der Waals surface area contributed by atoms with Crippen LogP contribution >= 0.6 is 0 Å². The predicted octanol–water partition coefficient (Wildman–Crippen LogP) is 8.80. The highest BCUT2D eigenvalue weighted by Gasteiger charge is 2.11. The van der Waals surface area contributed by atoms with Gasteiger partial charge < -0.3 is 24.8 Å². The summed E-state index contributed by atoms with van der Waals surface area (Å²) < 4.78 is 10.2. The van der Waals surface area contributed by atoms with Crippen LogP contribution in [0.4, 0.5) is 0 Å². The van der Waals surface area contributed by atoms with E-state index in [2.05, 4.69) is 20.8 Å². The second-order valence-corrected chi connectivity index (χ2v) is 12.3. The Labute approximate surface area is 286 Å². The number of esters is 2. The molecule has 0 saturated heterocycles. The maximum atomic E-state index is 11.9. The van der Waals surface area contributed by atoms with Crippen molar-refractivity contribution in [2.45, 2.75) is 148 Å². The smallest absolute Gasteiger partial charge is 0.306 e. The van der Waals surface area contributed by atoms with Gasteiger partial charge in [0.1, 0.15) is 19.3 Å². The highest BCUT2D eigenvalue weighted by atomic mass is 16.6. The first kappa shape index (κ1) is 44.3. The molecule has 0 amide bonds. The van der Waals surface area contributed by atoms with E-state index in [-0.39, 0.29) is 25.6 Å². The third-order valence-corrected chi connectivity index (χ3v) is 7.68. The first-order valence-electron chi connectivity index (χ1n) is 18.1. The number of rotatable bonds is 30. The summed E-state index contributed by atoms with van der Waals surface area (Å²) >= 11 is 0. The SMILES string of the molecule is CC/C=C\C[C@@H](O)/C=C/C=C\C=C\[C@@H](O)C/C=C\C/C=C\CCC(=O)OC[C@H](O)COC(=O)CCCCCCCCCCC(C)CC. The average molecular weight is 659 g/mol. The van der Waals surface area contributed by atoms with E-state index in [1.165, 1.54) is 44.9 Å². The minimum absolute atomic E-state index is 0.171. The van der Waals surface area contributed by atoms with Gasteiger partial charge in [0, 0.05) is 12.8 Å². The molecule has 268 valence electrons. The molecule has 0 aromatic carbocycles. The number of hydrogen-bond acceptors (Lipinski definition) is 7. The van der Waals surface area contributed by atoms with Crippen LogP contribution in [0.2, 0.25) is 0 Å². The minimum atomic E-state index is -1.03. The van der Waals surface area contributed by atoms with Gasteiger partial charge in [-0.2, -0.15) is 0 Å². The Morgan fingerprint density at radius 3 is 1.70 bits per heavy atom. The summed E-state index contributed by atoms with van der Waals surface area (Å²) in [5.74, 6) is 0.108. The Morgan fingerprint density at radius 1 is 0.617 bits per heavy atom. The second kappa shape index (κ2) is 33.2. The van der Waals surface area contributed by atoms with Crippen molar-refractivity contribution in [3.8, 4) is 0 Å². The third-order valence-electron chi connectivity index (χ3n) is 7.68. The molecule has 3 N–H and O–H groups in total. The lowest BCUT2D eigenvalue weighted by Gasteiger charge is -2.12. The Kier molecular flexibility index (Phi) is 31.2. The Bertz CT molecular complexity index is 931. The fourth-order valence-electron chi connectivity index (χ4n) is 4.50. The molecular weight excluding hydrogens is 592 g/mol. The fraction of sp³-hybridized carbons (Fsp3) is 0.650. The predicted molar refractivity (Wildman–Crippen MR) is 194 cm³/mol. The number of aliphatic hydroxyl groups is 3. The molecule has 1 unspecified atom stereocenters. The summed E-state index contributed by atoms with van der Waals surface area (Å²) in [7, 11) is 0. The molecule has 7 nitrogen and oxygen atoms in total. The molecule has 0 heterocycles. The molecule has 0 aromatic rings. The van der Waals surface area contributed by atoms with Crippen LogP contribution in [0.15, 0.2) is 72.9 Å². The van der Waals surface area contributed by atoms with E-state index >= 15 is 0 Å². The Hall–Kier alpha value is -2.74. The molecule has 4 atom stereocenters. The zero-order valence-electron chi connectivity index (χ0n) is 29.6. The van der Waals surface area contributed by atoms with Crippen LogP contribution in [-0.2, 0) is 19.1 Å². The fourth-order valence-corrected chi connectivity index (χ4v) is 4.50. The van der Waals surface area contributed by atoms with Gasteiger partial charge in [-0.25, -0.2) is 0 Å². The molecule has 0 fully saturated rings. The van der Waals surface area contributed by atoms with Gasteiger partial charge in [-0.15, -0.1) is 0 Å². The Morgan fingerprint density at radius 2 is 1.13 bits per heavy atom. The van der Waals surface area contributed by atoms with Crippen molar-refractivity contribution in [3.05, 3.63) is 72.9 Å². The van der Waals surface area contributed by atoms with Crippen molar-refractivity contribution >= 4 is 11.9 Å². The van der Waals surface area contributed by atoms with Gasteiger partial charge in [0.15, 0.2) is 0 Å². The van der Waals surface area contributed by atoms with Crippen molar-refractivity contribution in [1.29, 1.82) is 0 Å². The molecule has 0 bridgehead atoms. The zero-order chi connectivity index (χ0) is 34.8. The van der Waals surface area contributed by atoms with E-state index in [1.807, 2.05) is 48.6 Å². The number of allylic oxidation sites excluding steroid dienone is 8. The Balaban J connectivity index is 3.77. The van der Waals surface area contributed by atoms with Gasteiger partial charge in [-0.05, 0) is 44.4 Å². The standard InChI is InChI=1S/C40H66O7/c1-4-6-19-27-36(41)29-22-17-18-23-30-37(42)28-21-14-11-12-16-25-32-40(45)47-34-38(43)33-46-39(44)31-24-15-10-8-7-9-13-20-26-35(3)5-2/h6,12,14,16-19,21-23,29-30,35-38,41-43H,4-5,7-11,13,15,20,24-28,31-34H2,1-3H3/b16-12-,18-17-,19-6-,21-14-,29-22+,30-23+/t35?,36-,37+,38-/m1/s1. The summed E-state index contributed by atoms with van der Waals surface area (Å²) in [6.07, 6.45) is 36.0. The minimum Gasteiger partial charge on any atom is -0.463 e. The van der Waals surface area contributed by atoms with E-state index in [0.29, 0.717) is 32.1 Å². The van der Waals surface area contributed by atoms with Crippen molar-refractivity contribution in [3.63, 3.8) is 0 Å². The van der Waals surface area contributed by atoms with Crippen LogP contribution in [0.5, 0.6) is 0 Å². The van der Waals surface area contributed by atoms with Crippen LogP contribution in [0.1, 0.15) is 130 Å². The molecule has 47 heavy (non-hydrogen) atoms. The van der Waals surface area contributed by atoms with Gasteiger partial charge in [0.05, 0.1) is 12.2 Å². The number of aliphatic hydroxyl groups excluding tert-OH is 3. The van der Waals surface area contributed by atoms with Crippen LogP contribution in [0, 0.1) is 5.92 Å².